The van der Waals surface area contributed by atoms with Crippen LogP contribution in [0.1, 0.15) is 349 Å². The third kappa shape index (κ3) is 55.2. The van der Waals surface area contributed by atoms with E-state index >= 15 is 0 Å². The Bertz CT molecular complexity index is 1010. The number of rotatable bonds is 56. The Hall–Kier alpha value is -1.59. The monoisotopic (exact) mass is 947 g/mol. The van der Waals surface area contributed by atoms with Gasteiger partial charge in [-0.05, 0) is 25.2 Å². The van der Waals surface area contributed by atoms with Crippen LogP contribution in [0.3, 0.4) is 0 Å². The van der Waals surface area contributed by atoms with Crippen LogP contribution < -0.4 is 0 Å². The summed E-state index contributed by atoms with van der Waals surface area (Å²) < 4.78 is 16.9. The molecule has 0 bridgehead atoms. The summed E-state index contributed by atoms with van der Waals surface area (Å²) in [7, 11) is 0. The molecule has 67 heavy (non-hydrogen) atoms. The molecule has 0 aliphatic carbocycles. The molecule has 0 fully saturated rings. The summed E-state index contributed by atoms with van der Waals surface area (Å²) in [6.07, 6.45) is 61.0. The van der Waals surface area contributed by atoms with Gasteiger partial charge in [-0.2, -0.15) is 0 Å². The number of hydrogen-bond acceptors (Lipinski definition) is 6. The van der Waals surface area contributed by atoms with Gasteiger partial charge in [-0.3, -0.25) is 14.4 Å². The minimum absolute atomic E-state index is 0.0616. The number of esters is 3. The third-order valence-electron chi connectivity index (χ3n) is 14.0. The van der Waals surface area contributed by atoms with Crippen LogP contribution in [0.15, 0.2) is 0 Å². The van der Waals surface area contributed by atoms with E-state index in [1.165, 1.54) is 244 Å². The fraction of sp³-hybridized carbons (Fsp3) is 0.951. The van der Waals surface area contributed by atoms with Crippen molar-refractivity contribution in [3.05, 3.63) is 0 Å². The zero-order chi connectivity index (χ0) is 48.8. The van der Waals surface area contributed by atoms with Crippen molar-refractivity contribution >= 4 is 17.9 Å². The summed E-state index contributed by atoms with van der Waals surface area (Å²) in [6.45, 7) is 9.07. The molecule has 0 heterocycles. The minimum atomic E-state index is -0.762. The number of ether oxygens (including phenoxy) is 3. The van der Waals surface area contributed by atoms with Crippen molar-refractivity contribution in [3.63, 3.8) is 0 Å². The molecule has 0 N–H and O–H groups in total. The lowest BCUT2D eigenvalue weighted by Crippen LogP contribution is -2.30. The van der Waals surface area contributed by atoms with E-state index in [0.717, 1.165) is 63.7 Å². The molecule has 0 aliphatic heterocycles. The minimum Gasteiger partial charge on any atom is -0.462 e. The van der Waals surface area contributed by atoms with Gasteiger partial charge in [-0.25, -0.2) is 0 Å². The van der Waals surface area contributed by atoms with Crippen LogP contribution in [0.5, 0.6) is 0 Å². The fourth-order valence-corrected chi connectivity index (χ4v) is 9.46. The molecule has 6 nitrogen and oxygen atoms in total. The van der Waals surface area contributed by atoms with E-state index in [1.807, 2.05) is 0 Å². The Labute approximate surface area is 418 Å². The van der Waals surface area contributed by atoms with E-state index in [0.29, 0.717) is 19.3 Å². The van der Waals surface area contributed by atoms with Crippen molar-refractivity contribution < 1.29 is 28.6 Å². The molecular formula is C61H118O6. The molecule has 0 aromatic heterocycles. The number of carbonyl (C=O) groups excluding carboxylic acids is 3. The molecule has 1 atom stereocenters. The molecule has 398 valence electrons. The van der Waals surface area contributed by atoms with Gasteiger partial charge < -0.3 is 14.2 Å². The average Bonchev–Trinajstić information content (AvgIpc) is 3.31. The molecule has 0 saturated heterocycles. The highest BCUT2D eigenvalue weighted by molar-refractivity contribution is 5.71. The molecule has 0 saturated carbocycles. The fourth-order valence-electron chi connectivity index (χ4n) is 9.46. The zero-order valence-corrected chi connectivity index (χ0v) is 45.9. The second kappa shape index (κ2) is 55.3. The largest absolute Gasteiger partial charge is 0.462 e. The van der Waals surface area contributed by atoms with Gasteiger partial charge in [0, 0.05) is 19.3 Å². The smallest absolute Gasteiger partial charge is 0.306 e. The second-order valence-corrected chi connectivity index (χ2v) is 21.5. The highest BCUT2D eigenvalue weighted by Gasteiger charge is 2.19. The first-order chi connectivity index (χ1) is 32.9. The third-order valence-corrected chi connectivity index (χ3v) is 14.0. The van der Waals surface area contributed by atoms with Gasteiger partial charge in [0.2, 0.25) is 0 Å². The summed E-state index contributed by atoms with van der Waals surface area (Å²) in [5, 5.41) is 0. The Morgan fingerprint density at radius 3 is 0.731 bits per heavy atom. The van der Waals surface area contributed by atoms with E-state index < -0.39 is 6.10 Å². The lowest BCUT2D eigenvalue weighted by atomic mass is 10.0. The SMILES string of the molecule is CCCCCCCCCCCCCCCCCCCCC(=O)OC[C@@H](COC(=O)CCCCCCCCCCCCCC(C)C)OC(=O)CCCCCCCCCCCCCCCCCCC. The van der Waals surface area contributed by atoms with Crippen molar-refractivity contribution in [2.75, 3.05) is 13.2 Å². The molecule has 6 heteroatoms. The predicted octanol–water partition coefficient (Wildman–Crippen LogP) is 20.2. The van der Waals surface area contributed by atoms with Crippen molar-refractivity contribution in [3.8, 4) is 0 Å². The van der Waals surface area contributed by atoms with Gasteiger partial charge >= 0.3 is 17.9 Å². The maximum absolute atomic E-state index is 12.9. The van der Waals surface area contributed by atoms with Gasteiger partial charge in [0.25, 0.3) is 0 Å². The van der Waals surface area contributed by atoms with Gasteiger partial charge in [-0.1, -0.05) is 310 Å². The second-order valence-electron chi connectivity index (χ2n) is 21.5. The quantitative estimate of drug-likeness (QED) is 0.0343. The molecule has 0 radical (unpaired) electrons. The number of hydrogen-bond donors (Lipinski definition) is 0. The zero-order valence-electron chi connectivity index (χ0n) is 45.9. The first-order valence-corrected chi connectivity index (χ1v) is 30.4. The maximum atomic E-state index is 12.9. The Morgan fingerprint density at radius 1 is 0.284 bits per heavy atom. The van der Waals surface area contributed by atoms with Crippen LogP contribution in [0.25, 0.3) is 0 Å². The topological polar surface area (TPSA) is 78.9 Å². The van der Waals surface area contributed by atoms with Crippen molar-refractivity contribution in [2.24, 2.45) is 5.92 Å². The number of unbranched alkanes of at least 4 members (excludes halogenated alkanes) is 43. The molecule has 0 spiro atoms. The van der Waals surface area contributed by atoms with Crippen molar-refractivity contribution in [2.45, 2.75) is 355 Å². The first-order valence-electron chi connectivity index (χ1n) is 30.4. The predicted molar refractivity (Wildman–Crippen MR) is 289 cm³/mol. The molecule has 0 rings (SSSR count). The molecule has 0 aromatic rings. The summed E-state index contributed by atoms with van der Waals surface area (Å²) in [5.74, 6) is -0.00536. The van der Waals surface area contributed by atoms with Crippen LogP contribution in [-0.4, -0.2) is 37.2 Å². The lowest BCUT2D eigenvalue weighted by Gasteiger charge is -2.18. The standard InChI is InChI=1S/C61H118O6/c1-5-7-9-11-13-15-17-19-21-23-25-26-28-32-36-40-44-48-52-59(62)65-55-58(56-66-60(63)53-49-45-41-37-34-30-31-35-39-43-47-51-57(3)4)67-61(64)54-50-46-42-38-33-29-27-24-22-20-18-16-14-12-10-8-6-2/h57-58H,5-56H2,1-4H3/t58-/m0/s1. The van der Waals surface area contributed by atoms with Crippen LogP contribution in [0.2, 0.25) is 0 Å². The van der Waals surface area contributed by atoms with E-state index in [-0.39, 0.29) is 31.1 Å². The van der Waals surface area contributed by atoms with Crippen LogP contribution in [0, 0.1) is 5.92 Å². The van der Waals surface area contributed by atoms with Crippen molar-refractivity contribution in [1.29, 1.82) is 0 Å². The lowest BCUT2D eigenvalue weighted by molar-refractivity contribution is -0.167. The van der Waals surface area contributed by atoms with E-state index in [1.54, 1.807) is 0 Å². The normalized spacial score (nSPS) is 12.0. The highest BCUT2D eigenvalue weighted by atomic mass is 16.6. The Morgan fingerprint density at radius 2 is 0.493 bits per heavy atom. The van der Waals surface area contributed by atoms with Gasteiger partial charge in [0.05, 0.1) is 0 Å². The molecule has 0 amide bonds. The summed E-state index contributed by atoms with van der Waals surface area (Å²) in [4.78, 5) is 38.2. The number of carbonyl (C=O) groups is 3. The first kappa shape index (κ1) is 65.4. The van der Waals surface area contributed by atoms with Crippen LogP contribution in [-0.2, 0) is 28.6 Å². The van der Waals surface area contributed by atoms with Crippen molar-refractivity contribution in [1.82, 2.24) is 0 Å². The molecule has 0 unspecified atom stereocenters. The van der Waals surface area contributed by atoms with E-state index in [4.69, 9.17) is 14.2 Å². The van der Waals surface area contributed by atoms with Crippen LogP contribution in [0.4, 0.5) is 0 Å². The molecule has 0 aromatic carbocycles. The van der Waals surface area contributed by atoms with E-state index in [9.17, 15) is 14.4 Å². The summed E-state index contributed by atoms with van der Waals surface area (Å²) in [6, 6.07) is 0. The van der Waals surface area contributed by atoms with Crippen LogP contribution >= 0.6 is 0 Å². The van der Waals surface area contributed by atoms with Gasteiger partial charge in [0.1, 0.15) is 13.2 Å². The summed E-state index contributed by atoms with van der Waals surface area (Å²) >= 11 is 0. The summed E-state index contributed by atoms with van der Waals surface area (Å²) in [5.41, 5.74) is 0. The molecular weight excluding hydrogens is 829 g/mol. The van der Waals surface area contributed by atoms with Gasteiger partial charge in [0.15, 0.2) is 6.10 Å². The highest BCUT2D eigenvalue weighted by Crippen LogP contribution is 2.18. The van der Waals surface area contributed by atoms with E-state index in [2.05, 4.69) is 27.7 Å². The van der Waals surface area contributed by atoms with Gasteiger partial charge in [-0.15, -0.1) is 0 Å². The molecule has 0 aliphatic rings. The average molecular weight is 948 g/mol. The maximum Gasteiger partial charge on any atom is 0.306 e. The Kier molecular flexibility index (Phi) is 54.0. The Balaban J connectivity index is 4.28.